The molecule has 2 aromatic carbocycles. The third kappa shape index (κ3) is 4.28. The van der Waals surface area contributed by atoms with Gasteiger partial charge in [-0.3, -0.25) is 0 Å². The zero-order valence-electron chi connectivity index (χ0n) is 14.4. The second-order valence-corrected chi connectivity index (χ2v) is 6.03. The SMILES string of the molecule is CCOc1ccc(OC(c2ccccc2)C2CN(C)CCO2)cc1. The number of hydrogen-bond donors (Lipinski definition) is 0. The van der Waals surface area contributed by atoms with Crippen molar-refractivity contribution in [2.45, 2.75) is 19.1 Å². The fraction of sp³-hybridized carbons (Fsp3) is 0.400. The third-order valence-electron chi connectivity index (χ3n) is 4.16. The highest BCUT2D eigenvalue weighted by molar-refractivity contribution is 5.32. The van der Waals surface area contributed by atoms with Gasteiger partial charge in [-0.25, -0.2) is 0 Å². The van der Waals surface area contributed by atoms with Gasteiger partial charge in [0.25, 0.3) is 0 Å². The van der Waals surface area contributed by atoms with Crippen LogP contribution in [-0.4, -0.2) is 44.4 Å². The number of likely N-dealkylation sites (N-methyl/N-ethyl adjacent to an activating group) is 1. The van der Waals surface area contributed by atoms with E-state index in [0.717, 1.165) is 36.8 Å². The summed E-state index contributed by atoms with van der Waals surface area (Å²) in [6, 6.07) is 18.1. The molecule has 4 heteroatoms. The summed E-state index contributed by atoms with van der Waals surface area (Å²) < 4.78 is 17.8. The van der Waals surface area contributed by atoms with Crippen molar-refractivity contribution >= 4 is 0 Å². The number of rotatable bonds is 6. The van der Waals surface area contributed by atoms with E-state index in [-0.39, 0.29) is 12.2 Å². The number of nitrogens with zero attached hydrogens (tertiary/aromatic N) is 1. The summed E-state index contributed by atoms with van der Waals surface area (Å²) in [5, 5.41) is 0. The molecule has 0 N–H and O–H groups in total. The molecule has 1 aliphatic rings. The first-order valence-corrected chi connectivity index (χ1v) is 8.51. The van der Waals surface area contributed by atoms with Gasteiger partial charge in [-0.1, -0.05) is 30.3 Å². The van der Waals surface area contributed by atoms with Gasteiger partial charge >= 0.3 is 0 Å². The zero-order chi connectivity index (χ0) is 16.8. The Labute approximate surface area is 144 Å². The van der Waals surface area contributed by atoms with Crippen molar-refractivity contribution in [1.29, 1.82) is 0 Å². The summed E-state index contributed by atoms with van der Waals surface area (Å²) in [6.07, 6.45) is -0.121. The summed E-state index contributed by atoms with van der Waals surface area (Å²) in [5.41, 5.74) is 1.13. The molecule has 1 heterocycles. The van der Waals surface area contributed by atoms with Crippen molar-refractivity contribution < 1.29 is 14.2 Å². The first-order chi connectivity index (χ1) is 11.8. The van der Waals surface area contributed by atoms with Crippen LogP contribution in [0.4, 0.5) is 0 Å². The zero-order valence-corrected chi connectivity index (χ0v) is 14.4. The van der Waals surface area contributed by atoms with E-state index in [1.54, 1.807) is 0 Å². The van der Waals surface area contributed by atoms with Crippen LogP contribution in [0.3, 0.4) is 0 Å². The minimum absolute atomic E-state index is 0.0118. The lowest BCUT2D eigenvalue weighted by Crippen LogP contribution is -2.44. The predicted molar refractivity (Wildman–Crippen MR) is 94.7 cm³/mol. The Balaban J connectivity index is 1.79. The number of ether oxygens (including phenoxy) is 3. The predicted octanol–water partition coefficient (Wildman–Crippen LogP) is 3.54. The van der Waals surface area contributed by atoms with Crippen molar-refractivity contribution in [3.05, 3.63) is 60.2 Å². The van der Waals surface area contributed by atoms with E-state index in [2.05, 4.69) is 24.1 Å². The van der Waals surface area contributed by atoms with Crippen molar-refractivity contribution in [3.8, 4) is 11.5 Å². The van der Waals surface area contributed by atoms with Gasteiger partial charge in [0.2, 0.25) is 0 Å². The van der Waals surface area contributed by atoms with E-state index in [0.29, 0.717) is 6.61 Å². The Morgan fingerprint density at radius 1 is 1.08 bits per heavy atom. The minimum atomic E-state index is -0.133. The maximum atomic E-state index is 6.31. The molecule has 3 rings (SSSR count). The van der Waals surface area contributed by atoms with Crippen molar-refractivity contribution in [2.75, 3.05) is 33.4 Å². The molecule has 1 saturated heterocycles. The Hall–Kier alpha value is -2.04. The molecule has 0 amide bonds. The maximum Gasteiger partial charge on any atom is 0.151 e. The summed E-state index contributed by atoms with van der Waals surface area (Å²) in [4.78, 5) is 2.28. The molecule has 4 nitrogen and oxygen atoms in total. The number of morpholine rings is 1. The molecule has 1 fully saturated rings. The van der Waals surface area contributed by atoms with Gasteiger partial charge < -0.3 is 19.1 Å². The van der Waals surface area contributed by atoms with Gasteiger partial charge in [-0.05, 0) is 43.8 Å². The molecule has 2 atom stereocenters. The molecule has 1 aliphatic heterocycles. The maximum absolute atomic E-state index is 6.31. The molecule has 0 aliphatic carbocycles. The molecule has 0 radical (unpaired) electrons. The van der Waals surface area contributed by atoms with Crippen LogP contribution in [0.5, 0.6) is 11.5 Å². The van der Waals surface area contributed by atoms with E-state index >= 15 is 0 Å². The minimum Gasteiger partial charge on any atom is -0.494 e. The fourth-order valence-electron chi connectivity index (χ4n) is 2.92. The lowest BCUT2D eigenvalue weighted by molar-refractivity contribution is -0.0760. The summed E-state index contributed by atoms with van der Waals surface area (Å²) in [7, 11) is 2.12. The van der Waals surface area contributed by atoms with Crippen LogP contribution in [0.2, 0.25) is 0 Å². The van der Waals surface area contributed by atoms with E-state index in [1.807, 2.05) is 49.4 Å². The van der Waals surface area contributed by atoms with Crippen molar-refractivity contribution in [1.82, 2.24) is 4.90 Å². The average Bonchev–Trinajstić information content (AvgIpc) is 2.62. The largest absolute Gasteiger partial charge is 0.494 e. The highest BCUT2D eigenvalue weighted by Gasteiger charge is 2.29. The number of benzene rings is 2. The second kappa shape index (κ2) is 8.18. The Bertz CT molecular complexity index is 615. The molecular formula is C20H25NO3. The van der Waals surface area contributed by atoms with Crippen LogP contribution in [0.15, 0.2) is 54.6 Å². The van der Waals surface area contributed by atoms with Gasteiger partial charge in [-0.15, -0.1) is 0 Å². The topological polar surface area (TPSA) is 30.9 Å². The van der Waals surface area contributed by atoms with Gasteiger partial charge in [0.15, 0.2) is 6.10 Å². The summed E-state index contributed by atoms with van der Waals surface area (Å²) >= 11 is 0. The Morgan fingerprint density at radius 2 is 1.79 bits per heavy atom. The number of hydrogen-bond acceptors (Lipinski definition) is 4. The van der Waals surface area contributed by atoms with Gasteiger partial charge in [0.1, 0.15) is 17.6 Å². The van der Waals surface area contributed by atoms with E-state index < -0.39 is 0 Å². The monoisotopic (exact) mass is 327 g/mol. The molecule has 0 saturated carbocycles. The molecule has 2 aromatic rings. The third-order valence-corrected chi connectivity index (χ3v) is 4.16. The van der Waals surface area contributed by atoms with Gasteiger partial charge in [0, 0.05) is 13.1 Å². The highest BCUT2D eigenvalue weighted by atomic mass is 16.5. The highest BCUT2D eigenvalue weighted by Crippen LogP contribution is 2.29. The molecule has 2 unspecified atom stereocenters. The standard InChI is InChI=1S/C20H25NO3/c1-3-22-17-9-11-18(12-10-17)24-20(16-7-5-4-6-8-16)19-15-21(2)13-14-23-19/h4-12,19-20H,3,13-15H2,1-2H3. The lowest BCUT2D eigenvalue weighted by atomic mass is 10.0. The van der Waals surface area contributed by atoms with E-state index in [4.69, 9.17) is 14.2 Å². The summed E-state index contributed by atoms with van der Waals surface area (Å²) in [5.74, 6) is 1.68. The average molecular weight is 327 g/mol. The quantitative estimate of drug-likeness (QED) is 0.812. The Kier molecular flexibility index (Phi) is 5.72. The van der Waals surface area contributed by atoms with Crippen LogP contribution in [0.25, 0.3) is 0 Å². The molecule has 0 aromatic heterocycles. The van der Waals surface area contributed by atoms with Crippen LogP contribution < -0.4 is 9.47 Å². The normalized spacial score (nSPS) is 19.7. The molecule has 0 spiro atoms. The molecule has 24 heavy (non-hydrogen) atoms. The van der Waals surface area contributed by atoms with Crippen LogP contribution >= 0.6 is 0 Å². The second-order valence-electron chi connectivity index (χ2n) is 6.03. The van der Waals surface area contributed by atoms with Crippen molar-refractivity contribution in [3.63, 3.8) is 0 Å². The molecule has 128 valence electrons. The van der Waals surface area contributed by atoms with Crippen LogP contribution in [0.1, 0.15) is 18.6 Å². The van der Waals surface area contributed by atoms with Gasteiger partial charge in [0.05, 0.1) is 13.2 Å². The van der Waals surface area contributed by atoms with Gasteiger partial charge in [-0.2, -0.15) is 0 Å². The smallest absolute Gasteiger partial charge is 0.151 e. The van der Waals surface area contributed by atoms with E-state index in [9.17, 15) is 0 Å². The molecule has 0 bridgehead atoms. The first kappa shape index (κ1) is 16.8. The lowest BCUT2D eigenvalue weighted by Gasteiger charge is -2.35. The van der Waals surface area contributed by atoms with Crippen LogP contribution in [-0.2, 0) is 4.74 Å². The first-order valence-electron chi connectivity index (χ1n) is 8.51. The van der Waals surface area contributed by atoms with Crippen molar-refractivity contribution in [2.24, 2.45) is 0 Å². The Morgan fingerprint density at radius 3 is 2.46 bits per heavy atom. The van der Waals surface area contributed by atoms with Crippen LogP contribution in [0, 0.1) is 0 Å². The fourth-order valence-corrected chi connectivity index (χ4v) is 2.92. The van der Waals surface area contributed by atoms with E-state index in [1.165, 1.54) is 0 Å². The molecular weight excluding hydrogens is 302 g/mol. The summed E-state index contributed by atoms with van der Waals surface area (Å²) in [6.45, 7) is 5.19.